The van der Waals surface area contributed by atoms with Crippen LogP contribution in [0.4, 0.5) is 0 Å². The number of aliphatic hydroxyl groups is 1. The molecule has 104 valence electrons. The first-order valence-corrected chi connectivity index (χ1v) is 6.86. The highest BCUT2D eigenvalue weighted by Crippen LogP contribution is 2.44. The van der Waals surface area contributed by atoms with Crippen molar-refractivity contribution in [2.24, 2.45) is 5.41 Å². The number of carbonyl (C=O) groups is 1. The van der Waals surface area contributed by atoms with E-state index in [1.54, 1.807) is 0 Å². The molecule has 1 aliphatic carbocycles. The van der Waals surface area contributed by atoms with Crippen LogP contribution in [0.15, 0.2) is 6.33 Å². The Morgan fingerprint density at radius 2 is 2.26 bits per heavy atom. The Morgan fingerprint density at radius 1 is 1.42 bits per heavy atom. The Bertz CT molecular complexity index is 449. The van der Waals surface area contributed by atoms with Gasteiger partial charge < -0.3 is 10.0 Å². The van der Waals surface area contributed by atoms with Gasteiger partial charge in [0.1, 0.15) is 12.9 Å². The molecule has 1 aliphatic heterocycles. The van der Waals surface area contributed by atoms with E-state index in [1.165, 1.54) is 11.0 Å². The first kappa shape index (κ1) is 12.5. The normalized spacial score (nSPS) is 31.0. The summed E-state index contributed by atoms with van der Waals surface area (Å²) in [4.78, 5) is 14.1. The van der Waals surface area contributed by atoms with Crippen LogP contribution in [0.2, 0.25) is 0 Å². The molecule has 1 amide bonds. The molecule has 3 rings (SSSR count). The first-order valence-electron chi connectivity index (χ1n) is 6.86. The maximum atomic E-state index is 12.2. The number of rotatable bonds is 2. The molecule has 7 nitrogen and oxygen atoms in total. The molecular formula is C12H19N5O2. The largest absolute Gasteiger partial charge is 0.392 e. The number of piperidine rings is 1. The molecule has 0 aromatic carbocycles. The number of aromatic nitrogens is 4. The summed E-state index contributed by atoms with van der Waals surface area (Å²) in [5.41, 5.74) is -0.0610. The molecule has 2 atom stereocenters. The van der Waals surface area contributed by atoms with Crippen molar-refractivity contribution in [3.8, 4) is 0 Å². The molecule has 0 bridgehead atoms. The molecule has 1 N–H and O–H groups in total. The average molecular weight is 265 g/mol. The summed E-state index contributed by atoms with van der Waals surface area (Å²) in [6, 6.07) is 0. The Labute approximate surface area is 111 Å². The van der Waals surface area contributed by atoms with Crippen LogP contribution >= 0.6 is 0 Å². The topological polar surface area (TPSA) is 84.1 Å². The third-order valence-electron chi connectivity index (χ3n) is 4.51. The first-order chi connectivity index (χ1) is 9.20. The smallest absolute Gasteiger partial charge is 0.244 e. The fourth-order valence-electron chi connectivity index (χ4n) is 3.46. The lowest BCUT2D eigenvalue weighted by molar-refractivity contribution is -0.137. The number of likely N-dealkylation sites (tertiary alicyclic amines) is 1. The zero-order valence-corrected chi connectivity index (χ0v) is 10.9. The van der Waals surface area contributed by atoms with Gasteiger partial charge in [0.15, 0.2) is 0 Å². The lowest BCUT2D eigenvalue weighted by Crippen LogP contribution is -2.50. The van der Waals surface area contributed by atoms with Crippen molar-refractivity contribution in [3.05, 3.63) is 6.33 Å². The molecule has 1 saturated heterocycles. The fraction of sp³-hybridized carbons (Fsp3) is 0.833. The Hall–Kier alpha value is -1.50. The summed E-state index contributed by atoms with van der Waals surface area (Å²) in [7, 11) is 0. The molecule has 1 aromatic heterocycles. The highest BCUT2D eigenvalue weighted by atomic mass is 16.3. The number of hydrogen-bond acceptors (Lipinski definition) is 5. The van der Waals surface area contributed by atoms with E-state index in [0.717, 1.165) is 38.6 Å². The molecule has 1 aromatic rings. The van der Waals surface area contributed by atoms with Crippen molar-refractivity contribution in [1.29, 1.82) is 0 Å². The maximum absolute atomic E-state index is 12.2. The van der Waals surface area contributed by atoms with Gasteiger partial charge in [0, 0.05) is 18.5 Å². The summed E-state index contributed by atoms with van der Waals surface area (Å²) in [5.74, 6) is 0.0328. The van der Waals surface area contributed by atoms with Crippen LogP contribution in [-0.2, 0) is 11.3 Å². The number of aliphatic hydroxyl groups excluding tert-OH is 1. The van der Waals surface area contributed by atoms with Crippen LogP contribution in [0, 0.1) is 5.41 Å². The van der Waals surface area contributed by atoms with Gasteiger partial charge in [-0.25, -0.2) is 4.68 Å². The predicted molar refractivity (Wildman–Crippen MR) is 65.9 cm³/mol. The molecule has 1 spiro atoms. The minimum atomic E-state index is -0.254. The monoisotopic (exact) mass is 265 g/mol. The zero-order chi connectivity index (χ0) is 13.3. The SMILES string of the molecule is O=C(Cn1cnnn1)N1CCC[C@]2(CCC[C@H]2O)C1. The van der Waals surface area contributed by atoms with E-state index in [0.29, 0.717) is 6.54 Å². The van der Waals surface area contributed by atoms with Crippen molar-refractivity contribution >= 4 is 5.91 Å². The quantitative estimate of drug-likeness (QED) is 0.802. The van der Waals surface area contributed by atoms with Crippen molar-refractivity contribution in [2.45, 2.75) is 44.8 Å². The van der Waals surface area contributed by atoms with Crippen LogP contribution in [0.3, 0.4) is 0 Å². The molecule has 2 aliphatic rings. The van der Waals surface area contributed by atoms with Gasteiger partial charge in [-0.1, -0.05) is 6.42 Å². The van der Waals surface area contributed by atoms with Crippen molar-refractivity contribution in [3.63, 3.8) is 0 Å². The minimum absolute atomic E-state index is 0.0328. The Kier molecular flexibility index (Phi) is 3.22. The second-order valence-electron chi connectivity index (χ2n) is 5.70. The molecular weight excluding hydrogens is 246 g/mol. The van der Waals surface area contributed by atoms with E-state index in [-0.39, 0.29) is 24.0 Å². The standard InChI is InChI=1S/C12H19N5O2/c18-10-3-1-4-12(10)5-2-6-16(8-12)11(19)7-17-9-13-14-15-17/h9-10,18H,1-8H2/t10-,12-/m1/s1. The van der Waals surface area contributed by atoms with E-state index in [1.807, 2.05) is 4.90 Å². The molecule has 19 heavy (non-hydrogen) atoms. The van der Waals surface area contributed by atoms with E-state index in [2.05, 4.69) is 15.5 Å². The van der Waals surface area contributed by atoms with E-state index in [9.17, 15) is 9.90 Å². The van der Waals surface area contributed by atoms with Crippen LogP contribution in [-0.4, -0.2) is 55.3 Å². The van der Waals surface area contributed by atoms with Gasteiger partial charge in [-0.3, -0.25) is 4.79 Å². The lowest BCUT2D eigenvalue weighted by Gasteiger charge is -2.42. The number of carbonyl (C=O) groups excluding carboxylic acids is 1. The second-order valence-corrected chi connectivity index (χ2v) is 5.70. The van der Waals surface area contributed by atoms with Crippen LogP contribution in [0.25, 0.3) is 0 Å². The van der Waals surface area contributed by atoms with Gasteiger partial charge in [-0.05, 0) is 36.1 Å². The van der Waals surface area contributed by atoms with Gasteiger partial charge in [0.05, 0.1) is 6.10 Å². The van der Waals surface area contributed by atoms with Crippen molar-refractivity contribution in [1.82, 2.24) is 25.1 Å². The highest BCUT2D eigenvalue weighted by molar-refractivity contribution is 5.76. The molecule has 0 radical (unpaired) electrons. The Balaban J connectivity index is 1.66. The van der Waals surface area contributed by atoms with Gasteiger partial charge in [0.25, 0.3) is 0 Å². The lowest BCUT2D eigenvalue weighted by atomic mass is 9.76. The summed E-state index contributed by atoms with van der Waals surface area (Å²) >= 11 is 0. The van der Waals surface area contributed by atoms with Gasteiger partial charge in [-0.2, -0.15) is 0 Å². The number of tetrazole rings is 1. The van der Waals surface area contributed by atoms with Gasteiger partial charge in [-0.15, -0.1) is 5.10 Å². The van der Waals surface area contributed by atoms with Crippen molar-refractivity contribution < 1.29 is 9.90 Å². The molecule has 0 unspecified atom stereocenters. The summed E-state index contributed by atoms with van der Waals surface area (Å²) in [6.07, 6.45) is 6.16. The maximum Gasteiger partial charge on any atom is 0.244 e. The Morgan fingerprint density at radius 3 is 2.95 bits per heavy atom. The number of nitrogens with zero attached hydrogens (tertiary/aromatic N) is 5. The molecule has 2 heterocycles. The van der Waals surface area contributed by atoms with Gasteiger partial charge >= 0.3 is 0 Å². The minimum Gasteiger partial charge on any atom is -0.392 e. The third kappa shape index (κ3) is 2.34. The number of amides is 1. The molecule has 1 saturated carbocycles. The second kappa shape index (κ2) is 4.88. The van der Waals surface area contributed by atoms with Gasteiger partial charge in [0.2, 0.25) is 5.91 Å². The van der Waals surface area contributed by atoms with Crippen LogP contribution < -0.4 is 0 Å². The van der Waals surface area contributed by atoms with E-state index >= 15 is 0 Å². The van der Waals surface area contributed by atoms with Crippen LogP contribution in [0.1, 0.15) is 32.1 Å². The average Bonchev–Trinajstić information content (AvgIpc) is 3.02. The summed E-state index contributed by atoms with van der Waals surface area (Å²) < 4.78 is 1.44. The molecule has 7 heteroatoms. The third-order valence-corrected chi connectivity index (χ3v) is 4.51. The summed E-state index contributed by atoms with van der Waals surface area (Å²) in [5, 5.41) is 20.9. The van der Waals surface area contributed by atoms with E-state index < -0.39 is 0 Å². The predicted octanol–water partition coefficient (Wildman–Crippen LogP) is -0.173. The zero-order valence-electron chi connectivity index (χ0n) is 10.9. The highest BCUT2D eigenvalue weighted by Gasteiger charge is 2.45. The summed E-state index contributed by atoms with van der Waals surface area (Å²) in [6.45, 7) is 1.63. The fourth-order valence-corrected chi connectivity index (χ4v) is 3.46. The van der Waals surface area contributed by atoms with Crippen LogP contribution in [0.5, 0.6) is 0 Å². The number of hydrogen-bond donors (Lipinski definition) is 1. The van der Waals surface area contributed by atoms with E-state index in [4.69, 9.17) is 0 Å². The molecule has 2 fully saturated rings. The van der Waals surface area contributed by atoms with Crippen molar-refractivity contribution in [2.75, 3.05) is 13.1 Å².